The fraction of sp³-hybridized carbons (Fsp3) is 0.500. The molecule has 6 heteroatoms. The van der Waals surface area contributed by atoms with Crippen molar-refractivity contribution in [3.63, 3.8) is 0 Å². The molecule has 0 bridgehead atoms. The molecule has 90 valence electrons. The molecule has 0 saturated heterocycles. The van der Waals surface area contributed by atoms with Gasteiger partial charge >= 0.3 is 0 Å². The third-order valence-corrected chi connectivity index (χ3v) is 2.98. The van der Waals surface area contributed by atoms with Crippen LogP contribution >= 0.6 is 0 Å². The van der Waals surface area contributed by atoms with Crippen molar-refractivity contribution in [2.45, 2.75) is 19.4 Å². The van der Waals surface area contributed by atoms with Gasteiger partial charge in [0.15, 0.2) is 11.9 Å². The molecule has 0 aromatic carbocycles. The Labute approximate surface area is 95.1 Å². The number of nitrogens with zero attached hydrogens (tertiary/aromatic N) is 1. The van der Waals surface area contributed by atoms with Gasteiger partial charge in [0.1, 0.15) is 6.54 Å². The van der Waals surface area contributed by atoms with Crippen molar-refractivity contribution in [2.75, 3.05) is 12.4 Å². The Morgan fingerprint density at radius 1 is 1.38 bits per heavy atom. The highest BCUT2D eigenvalue weighted by Gasteiger charge is 2.08. The van der Waals surface area contributed by atoms with Gasteiger partial charge in [-0.1, -0.05) is 6.07 Å². The third kappa shape index (κ3) is 4.69. The molecular weight excluding hydrogens is 230 g/mol. The smallest absolute Gasteiger partial charge is 0.183 e. The maximum absolute atomic E-state index is 10.4. The first-order valence-electron chi connectivity index (χ1n) is 5.05. The minimum Gasteiger partial charge on any atom is -0.748 e. The van der Waals surface area contributed by atoms with Gasteiger partial charge in [-0.3, -0.25) is 0 Å². The molecule has 0 unspecified atom stereocenters. The highest BCUT2D eigenvalue weighted by atomic mass is 32.2. The van der Waals surface area contributed by atoms with Crippen molar-refractivity contribution in [2.24, 2.45) is 0 Å². The zero-order valence-corrected chi connectivity index (χ0v) is 9.69. The summed E-state index contributed by atoms with van der Waals surface area (Å²) in [5.41, 5.74) is 0.924. The molecule has 0 amide bonds. The number of aliphatic hydroxyl groups is 1. The van der Waals surface area contributed by atoms with Gasteiger partial charge in [-0.2, -0.15) is 0 Å². The Hall–Kier alpha value is -0.980. The van der Waals surface area contributed by atoms with Crippen LogP contribution in [-0.2, 0) is 23.1 Å². The van der Waals surface area contributed by atoms with Crippen molar-refractivity contribution in [3.8, 4) is 0 Å². The van der Waals surface area contributed by atoms with E-state index in [1.165, 1.54) is 0 Å². The number of aryl methyl sites for hydroxylation is 1. The molecule has 5 nitrogen and oxygen atoms in total. The average molecular weight is 245 g/mol. The molecule has 0 aliphatic carbocycles. The normalized spacial score (nSPS) is 11.6. The van der Waals surface area contributed by atoms with Crippen LogP contribution < -0.4 is 4.57 Å². The fourth-order valence-electron chi connectivity index (χ4n) is 1.48. The minimum absolute atomic E-state index is 0.0455. The van der Waals surface area contributed by atoms with E-state index in [-0.39, 0.29) is 12.4 Å². The second-order valence-corrected chi connectivity index (χ2v) is 5.00. The highest BCUT2D eigenvalue weighted by Crippen LogP contribution is 1.95. The van der Waals surface area contributed by atoms with E-state index in [9.17, 15) is 13.0 Å². The maximum Gasteiger partial charge on any atom is 0.183 e. The number of hydrogen-bond acceptors (Lipinski definition) is 4. The van der Waals surface area contributed by atoms with Crippen LogP contribution in [0.3, 0.4) is 0 Å². The van der Waals surface area contributed by atoms with E-state index in [1.54, 1.807) is 0 Å². The first-order chi connectivity index (χ1) is 7.53. The van der Waals surface area contributed by atoms with Crippen molar-refractivity contribution < 1.29 is 22.6 Å². The van der Waals surface area contributed by atoms with Gasteiger partial charge < -0.3 is 9.66 Å². The molecule has 0 atom stereocenters. The molecule has 1 N–H and O–H groups in total. The van der Waals surface area contributed by atoms with Gasteiger partial charge in [0, 0.05) is 24.3 Å². The van der Waals surface area contributed by atoms with E-state index in [1.807, 2.05) is 29.0 Å². The molecule has 0 saturated carbocycles. The Morgan fingerprint density at radius 3 is 2.75 bits per heavy atom. The summed E-state index contributed by atoms with van der Waals surface area (Å²) in [7, 11) is -4.13. The summed E-state index contributed by atoms with van der Waals surface area (Å²) in [5.74, 6) is -0.354. The van der Waals surface area contributed by atoms with Crippen molar-refractivity contribution >= 4 is 10.1 Å². The molecule has 16 heavy (non-hydrogen) atoms. The Kier molecular flexibility index (Phi) is 4.85. The highest BCUT2D eigenvalue weighted by molar-refractivity contribution is 7.85. The second-order valence-electron chi connectivity index (χ2n) is 3.47. The first-order valence-corrected chi connectivity index (χ1v) is 6.62. The molecule has 0 aliphatic rings. The summed E-state index contributed by atoms with van der Waals surface area (Å²) in [6.45, 7) is 0.515. The van der Waals surface area contributed by atoms with Crippen molar-refractivity contribution in [1.82, 2.24) is 0 Å². The van der Waals surface area contributed by atoms with E-state index in [4.69, 9.17) is 5.11 Å². The number of rotatable bonds is 6. The summed E-state index contributed by atoms with van der Waals surface area (Å²) in [6.07, 6.45) is 2.62. The Bertz CT molecular complexity index is 430. The van der Waals surface area contributed by atoms with E-state index in [2.05, 4.69) is 0 Å². The standard InChI is InChI=1S/C10H15NO4S/c12-8-5-10-4-1-2-6-11(10)7-3-9-16(13,14)15/h1-2,4,6,12H,3,5,7-9H2. The molecule has 1 heterocycles. The van der Waals surface area contributed by atoms with Crippen LogP contribution in [0.15, 0.2) is 24.4 Å². The van der Waals surface area contributed by atoms with Crippen molar-refractivity contribution in [3.05, 3.63) is 30.1 Å². The second kappa shape index (κ2) is 5.93. The molecule has 1 rings (SSSR count). The number of pyridine rings is 1. The average Bonchev–Trinajstić information content (AvgIpc) is 2.19. The first kappa shape index (κ1) is 13.1. The van der Waals surface area contributed by atoms with Crippen LogP contribution in [0.25, 0.3) is 0 Å². The number of hydrogen-bond donors (Lipinski definition) is 1. The zero-order valence-electron chi connectivity index (χ0n) is 8.87. The van der Waals surface area contributed by atoms with Gasteiger partial charge in [-0.05, 0) is 0 Å². The summed E-state index contributed by atoms with van der Waals surface area (Å²) < 4.78 is 33.1. The van der Waals surface area contributed by atoms with E-state index in [0.29, 0.717) is 19.4 Å². The molecule has 0 spiro atoms. The number of aliphatic hydroxyl groups excluding tert-OH is 1. The number of aromatic nitrogens is 1. The summed E-state index contributed by atoms with van der Waals surface area (Å²) >= 11 is 0. The third-order valence-electron chi connectivity index (χ3n) is 2.20. The summed E-state index contributed by atoms with van der Waals surface area (Å²) in [6, 6.07) is 5.54. The maximum atomic E-state index is 10.4. The van der Waals surface area contributed by atoms with Crippen LogP contribution in [0.5, 0.6) is 0 Å². The van der Waals surface area contributed by atoms with Crippen molar-refractivity contribution in [1.29, 1.82) is 0 Å². The van der Waals surface area contributed by atoms with Gasteiger partial charge in [-0.25, -0.2) is 13.0 Å². The molecule has 1 aromatic heterocycles. The summed E-state index contributed by atoms with van der Waals surface area (Å²) in [4.78, 5) is 0. The monoisotopic (exact) mass is 245 g/mol. The summed E-state index contributed by atoms with van der Waals surface area (Å²) in [5, 5.41) is 8.84. The predicted octanol–water partition coefficient (Wildman–Crippen LogP) is -0.556. The largest absolute Gasteiger partial charge is 0.748 e. The van der Waals surface area contributed by atoms with Crippen LogP contribution in [0.4, 0.5) is 0 Å². The van der Waals surface area contributed by atoms with Crippen LogP contribution in [-0.4, -0.2) is 30.4 Å². The molecule has 0 aliphatic heterocycles. The Balaban J connectivity index is 2.59. The lowest BCUT2D eigenvalue weighted by Crippen LogP contribution is -2.39. The lowest BCUT2D eigenvalue weighted by molar-refractivity contribution is -0.704. The fourth-order valence-corrected chi connectivity index (χ4v) is 1.97. The SMILES string of the molecule is O=S(=O)([O-])CCC[n+]1ccccc1CCO. The van der Waals surface area contributed by atoms with Gasteiger partial charge in [-0.15, -0.1) is 0 Å². The molecule has 0 fully saturated rings. The topological polar surface area (TPSA) is 81.3 Å². The van der Waals surface area contributed by atoms with Gasteiger partial charge in [0.2, 0.25) is 0 Å². The lowest BCUT2D eigenvalue weighted by Gasteiger charge is -2.05. The quantitative estimate of drug-likeness (QED) is 0.538. The lowest BCUT2D eigenvalue weighted by atomic mass is 10.2. The van der Waals surface area contributed by atoms with E-state index < -0.39 is 10.1 Å². The van der Waals surface area contributed by atoms with Crippen LogP contribution in [0.1, 0.15) is 12.1 Å². The Morgan fingerprint density at radius 2 is 2.12 bits per heavy atom. The molecular formula is C10H15NO4S. The molecule has 1 aromatic rings. The molecule has 0 radical (unpaired) electrons. The zero-order chi connectivity index (χ0) is 12.0. The minimum atomic E-state index is -4.13. The van der Waals surface area contributed by atoms with E-state index >= 15 is 0 Å². The van der Waals surface area contributed by atoms with E-state index in [0.717, 1.165) is 5.69 Å². The van der Waals surface area contributed by atoms with Crippen LogP contribution in [0.2, 0.25) is 0 Å². The predicted molar refractivity (Wildman–Crippen MR) is 56.6 cm³/mol. The van der Waals surface area contributed by atoms with Crippen LogP contribution in [0, 0.1) is 0 Å². The van der Waals surface area contributed by atoms with Gasteiger partial charge in [0.25, 0.3) is 0 Å². The van der Waals surface area contributed by atoms with Gasteiger partial charge in [0.05, 0.1) is 23.1 Å².